The van der Waals surface area contributed by atoms with Crippen molar-refractivity contribution in [3.05, 3.63) is 0 Å². The van der Waals surface area contributed by atoms with Crippen LogP contribution in [0.1, 0.15) is 0 Å². The fraction of sp³-hybridized carbons (Fsp3) is 0. The predicted octanol–water partition coefficient (Wildman–Crippen LogP) is -6.73. The van der Waals surface area contributed by atoms with E-state index in [2.05, 4.69) is 0 Å². The van der Waals surface area contributed by atoms with E-state index in [0.29, 0.717) is 0 Å². The van der Waals surface area contributed by atoms with Crippen LogP contribution in [-0.2, 0) is 0 Å². The zero-order valence-corrected chi connectivity index (χ0v) is 6.96. The van der Waals surface area contributed by atoms with Gasteiger partial charge in [0.1, 0.15) is 11.1 Å². The van der Waals surface area contributed by atoms with E-state index in [1.54, 1.807) is 0 Å². The number of nitrogens with two attached hydrogens (primary N) is 8. The van der Waals surface area contributed by atoms with Gasteiger partial charge < -0.3 is 0 Å². The molecular formula is H18N13+3. The molecule has 0 saturated carbocycles. The Morgan fingerprint density at radius 2 is 0.769 bits per heavy atom. The van der Waals surface area contributed by atoms with E-state index in [-0.39, 0.29) is 0 Å². The average molecular weight is 200 g/mol. The molecule has 0 aliphatic carbocycles. The lowest BCUT2D eigenvalue weighted by atomic mass is 11.7. The Morgan fingerprint density at radius 3 is 0.923 bits per heavy atom. The Balaban J connectivity index is 4.25. The highest BCUT2D eigenvalue weighted by Crippen LogP contribution is 1.76. The maximum Gasteiger partial charge on any atom is 0.113 e. The molecule has 0 fully saturated rings. The average Bonchev–Trinajstić information content (AvgIpc) is 1.43. The van der Waals surface area contributed by atoms with Gasteiger partial charge in [0, 0.05) is 9.84 Å². The van der Waals surface area contributed by atoms with Crippen LogP contribution in [0.3, 0.4) is 0 Å². The van der Waals surface area contributed by atoms with Gasteiger partial charge in [0.15, 0.2) is 0 Å². The first-order valence-electron chi connectivity index (χ1n) is 2.96. The fourth-order valence-electron chi connectivity index (χ4n) is 0.596. The first kappa shape index (κ1) is 12.5. The Morgan fingerprint density at radius 1 is 0.538 bits per heavy atom. The first-order chi connectivity index (χ1) is 5.41. The molecule has 0 amide bonds. The van der Waals surface area contributed by atoms with Crippen molar-refractivity contribution < 1.29 is 14.8 Å². The highest BCUT2D eigenvalue weighted by Gasteiger charge is 2.36. The van der Waals surface area contributed by atoms with E-state index in [9.17, 15) is 0 Å². The van der Waals surface area contributed by atoms with Crippen molar-refractivity contribution in [2.24, 2.45) is 46.7 Å². The maximum atomic E-state index is 5.27. The van der Waals surface area contributed by atoms with Crippen molar-refractivity contribution >= 4 is 0 Å². The van der Waals surface area contributed by atoms with Crippen molar-refractivity contribution in [3.63, 3.8) is 0 Å². The predicted molar refractivity (Wildman–Crippen MR) is 40.6 cm³/mol. The lowest BCUT2D eigenvalue weighted by Gasteiger charge is -2.30. The molecule has 0 spiro atoms. The Hall–Kier alpha value is -0.520. The molecule has 0 radical (unpaired) electrons. The van der Waals surface area contributed by atoms with Crippen LogP contribution in [0.25, 0.3) is 0 Å². The SMILES string of the molecule is N[N+](N)(N)N[N+](N)(N)N[N+](N)(N)N. The van der Waals surface area contributed by atoms with Gasteiger partial charge in [0.2, 0.25) is 0 Å². The third-order valence-electron chi connectivity index (χ3n) is 0.677. The van der Waals surface area contributed by atoms with Crippen LogP contribution in [0, 0.1) is 0 Å². The first-order valence-corrected chi connectivity index (χ1v) is 2.96. The molecule has 0 heterocycles. The summed E-state index contributed by atoms with van der Waals surface area (Å²) >= 11 is 0. The smallest absolute Gasteiger partial charge is 0.113 e. The van der Waals surface area contributed by atoms with Crippen LogP contribution < -0.4 is 57.8 Å². The summed E-state index contributed by atoms with van der Waals surface area (Å²) in [5.74, 6) is 41.0. The van der Waals surface area contributed by atoms with Gasteiger partial charge in [0.05, 0.1) is 4.92 Å². The molecule has 0 aromatic rings. The van der Waals surface area contributed by atoms with Crippen LogP contribution >= 0.6 is 0 Å². The second-order valence-corrected chi connectivity index (χ2v) is 2.65. The quantitative estimate of drug-likeness (QED) is 0.117. The summed E-state index contributed by atoms with van der Waals surface area (Å²) < 4.78 is 0. The molecule has 0 atom stereocenters. The van der Waals surface area contributed by atoms with Crippen molar-refractivity contribution in [2.45, 2.75) is 0 Å². The highest BCUT2D eigenvalue weighted by atomic mass is 16.3. The van der Waals surface area contributed by atoms with E-state index < -0.39 is 14.8 Å². The largest absolute Gasteiger partial charge is 0.117 e. The standard InChI is InChI=1S/H18N13/c1-11(2,3)9-13(7,8)10-12(4,5)6/h9-10H,1-8H2/q+3. The molecule has 80 valence electrons. The lowest BCUT2D eigenvalue weighted by Crippen LogP contribution is -2.94. The highest BCUT2D eigenvalue weighted by molar-refractivity contribution is 3.77. The van der Waals surface area contributed by atoms with Crippen LogP contribution in [0.5, 0.6) is 0 Å². The molecule has 0 aromatic heterocycles. The van der Waals surface area contributed by atoms with E-state index >= 15 is 0 Å². The second kappa shape index (κ2) is 3.32. The number of rotatable bonds is 4. The maximum absolute atomic E-state index is 5.27. The van der Waals surface area contributed by atoms with E-state index in [4.69, 9.17) is 46.7 Å². The summed E-state index contributed by atoms with van der Waals surface area (Å²) in [5.41, 5.74) is 4.10. The molecule has 13 heteroatoms. The summed E-state index contributed by atoms with van der Waals surface area (Å²) in [6.07, 6.45) is 0. The molecule has 0 saturated heterocycles. The van der Waals surface area contributed by atoms with Crippen molar-refractivity contribution in [2.75, 3.05) is 0 Å². The number of nitrogens with one attached hydrogen (secondary N) is 2. The van der Waals surface area contributed by atoms with E-state index in [1.807, 2.05) is 11.1 Å². The van der Waals surface area contributed by atoms with Gasteiger partial charge in [0.25, 0.3) is 0 Å². The van der Waals surface area contributed by atoms with Crippen LogP contribution in [-0.4, -0.2) is 14.8 Å². The number of quaternary nitrogens is 3. The van der Waals surface area contributed by atoms with Gasteiger partial charge in [-0.3, -0.25) is 0 Å². The van der Waals surface area contributed by atoms with Crippen LogP contribution in [0.2, 0.25) is 0 Å². The summed E-state index contributed by atoms with van der Waals surface area (Å²) in [6, 6.07) is 0. The number of nitrogens with zero attached hydrogens (tertiary/aromatic N) is 3. The van der Waals surface area contributed by atoms with Gasteiger partial charge in [-0.25, -0.2) is 0 Å². The molecule has 0 aliphatic rings. The van der Waals surface area contributed by atoms with Crippen molar-refractivity contribution in [1.29, 1.82) is 0 Å². The zero-order valence-electron chi connectivity index (χ0n) is 6.96. The van der Waals surface area contributed by atoms with E-state index in [1.165, 1.54) is 0 Å². The molecule has 0 aromatic carbocycles. The summed E-state index contributed by atoms with van der Waals surface area (Å²) in [6.45, 7) is 0. The Labute approximate surface area is 73.7 Å². The lowest BCUT2D eigenvalue weighted by molar-refractivity contribution is -1.29. The van der Waals surface area contributed by atoms with E-state index in [0.717, 1.165) is 0 Å². The molecule has 0 rings (SSSR count). The van der Waals surface area contributed by atoms with Crippen LogP contribution in [0.15, 0.2) is 0 Å². The topological polar surface area (TPSA) is 232 Å². The molecule has 13 nitrogen and oxygen atoms in total. The van der Waals surface area contributed by atoms with Gasteiger partial charge >= 0.3 is 0 Å². The number of hydrogen-bond donors (Lipinski definition) is 10. The third kappa shape index (κ3) is 7.83. The Kier molecular flexibility index (Phi) is 3.19. The summed E-state index contributed by atoms with van der Waals surface area (Å²) in [4.78, 5) is -3.60. The van der Waals surface area contributed by atoms with Gasteiger partial charge in [-0.1, -0.05) is 0 Å². The third-order valence-corrected chi connectivity index (χ3v) is 0.677. The fourth-order valence-corrected chi connectivity index (χ4v) is 0.596. The minimum atomic E-state index is -1.21. The monoisotopic (exact) mass is 200 g/mol. The number of hydrogen-bond acceptors (Lipinski definition) is 10. The molecule has 18 N–H and O–H groups in total. The second-order valence-electron chi connectivity index (χ2n) is 2.65. The zero-order chi connectivity index (χ0) is 10.9. The molecule has 0 bridgehead atoms. The van der Waals surface area contributed by atoms with Crippen molar-refractivity contribution in [1.82, 2.24) is 11.1 Å². The summed E-state index contributed by atoms with van der Waals surface area (Å²) in [7, 11) is 0. The van der Waals surface area contributed by atoms with Gasteiger partial charge in [-0.2, -0.15) is 0 Å². The van der Waals surface area contributed by atoms with Crippen LogP contribution in [0.4, 0.5) is 0 Å². The molecule has 13 heavy (non-hydrogen) atoms. The summed E-state index contributed by atoms with van der Waals surface area (Å²) in [5, 5.41) is 0. The molecular weight excluding hydrogens is 182 g/mol. The van der Waals surface area contributed by atoms with Gasteiger partial charge in [-0.15, -0.1) is 46.7 Å². The van der Waals surface area contributed by atoms with Crippen molar-refractivity contribution in [3.8, 4) is 0 Å². The molecule has 0 unspecified atom stereocenters. The Bertz CT molecular complexity index is 132. The minimum Gasteiger partial charge on any atom is -0.117 e. The minimum absolute atomic E-state index is 1.19. The normalized spacial score (nSPS) is 14.8. The molecule has 0 aliphatic heterocycles. The van der Waals surface area contributed by atoms with Gasteiger partial charge in [-0.05, 0) is 0 Å².